The van der Waals surface area contributed by atoms with Gasteiger partial charge in [0.15, 0.2) is 6.10 Å². The van der Waals surface area contributed by atoms with E-state index >= 15 is 0 Å². The predicted octanol–water partition coefficient (Wildman–Crippen LogP) is -1.59. The number of aliphatic carboxylic acids is 1. The molecular formula is C6H10O8S. The van der Waals surface area contributed by atoms with Gasteiger partial charge in [-0.25, -0.2) is 8.98 Å². The van der Waals surface area contributed by atoms with Crippen LogP contribution < -0.4 is 0 Å². The van der Waals surface area contributed by atoms with Gasteiger partial charge in [0, 0.05) is 6.42 Å². The Morgan fingerprint density at radius 1 is 1.47 bits per heavy atom. The first kappa shape index (κ1) is 12.3. The van der Waals surface area contributed by atoms with Crippen LogP contribution in [0.3, 0.4) is 0 Å². The fourth-order valence-corrected chi connectivity index (χ4v) is 1.68. The Morgan fingerprint density at radius 3 is 2.47 bits per heavy atom. The lowest BCUT2D eigenvalue weighted by atomic mass is 10.0. The molecule has 0 aromatic carbocycles. The molecule has 0 aromatic heterocycles. The monoisotopic (exact) mass is 242 g/mol. The second-order valence-corrected chi connectivity index (χ2v) is 4.07. The van der Waals surface area contributed by atoms with E-state index in [-0.39, 0.29) is 6.42 Å². The van der Waals surface area contributed by atoms with Gasteiger partial charge in [0.05, 0.1) is 12.7 Å². The molecule has 88 valence electrons. The zero-order chi connectivity index (χ0) is 11.6. The molecule has 1 aliphatic rings. The molecular weight excluding hydrogens is 232 g/mol. The summed E-state index contributed by atoms with van der Waals surface area (Å²) >= 11 is 0. The van der Waals surface area contributed by atoms with Crippen molar-refractivity contribution in [2.75, 3.05) is 6.61 Å². The predicted molar refractivity (Wildman–Crippen MR) is 44.4 cm³/mol. The summed E-state index contributed by atoms with van der Waals surface area (Å²) in [5, 5.41) is 17.8. The van der Waals surface area contributed by atoms with Crippen LogP contribution in [0.1, 0.15) is 6.42 Å². The standard InChI is InChI=1S/C6H10O8S/c7-3-1-4(6(8)9)13-2-5(3)14-15(10,11)12/h3-5,7H,1-2H2,(H,8,9)(H,10,11,12). The summed E-state index contributed by atoms with van der Waals surface area (Å²) in [5.74, 6) is -1.25. The zero-order valence-electron chi connectivity index (χ0n) is 7.44. The Hall–Kier alpha value is -0.740. The molecule has 1 aliphatic heterocycles. The summed E-state index contributed by atoms with van der Waals surface area (Å²) in [6, 6.07) is 0. The smallest absolute Gasteiger partial charge is 0.397 e. The number of carbonyl (C=O) groups is 1. The maximum Gasteiger partial charge on any atom is 0.397 e. The number of rotatable bonds is 3. The number of aliphatic hydroxyl groups is 1. The van der Waals surface area contributed by atoms with Gasteiger partial charge >= 0.3 is 16.4 Å². The maximum atomic E-state index is 10.4. The molecule has 0 saturated carbocycles. The second kappa shape index (κ2) is 4.41. The van der Waals surface area contributed by atoms with Gasteiger partial charge in [-0.3, -0.25) is 4.55 Å². The minimum atomic E-state index is -4.68. The second-order valence-electron chi connectivity index (χ2n) is 3.03. The Bertz CT molecular complexity index is 335. The summed E-state index contributed by atoms with van der Waals surface area (Å²) in [5.41, 5.74) is 0. The number of hydrogen-bond acceptors (Lipinski definition) is 6. The van der Waals surface area contributed by atoms with Crippen molar-refractivity contribution >= 4 is 16.4 Å². The van der Waals surface area contributed by atoms with Gasteiger partial charge in [0.1, 0.15) is 6.10 Å². The van der Waals surface area contributed by atoms with Crippen LogP contribution >= 0.6 is 0 Å². The lowest BCUT2D eigenvalue weighted by Crippen LogP contribution is -2.46. The van der Waals surface area contributed by atoms with Crippen molar-refractivity contribution in [2.45, 2.75) is 24.7 Å². The molecule has 1 saturated heterocycles. The highest BCUT2D eigenvalue weighted by Gasteiger charge is 2.36. The average molecular weight is 242 g/mol. The molecule has 9 heteroatoms. The molecule has 15 heavy (non-hydrogen) atoms. The first-order valence-corrected chi connectivity index (χ1v) is 5.34. The first-order valence-electron chi connectivity index (χ1n) is 3.98. The van der Waals surface area contributed by atoms with Gasteiger partial charge in [-0.05, 0) is 0 Å². The van der Waals surface area contributed by atoms with E-state index in [4.69, 9.17) is 14.4 Å². The van der Waals surface area contributed by atoms with Gasteiger partial charge in [-0.1, -0.05) is 0 Å². The fourth-order valence-electron chi connectivity index (χ4n) is 1.18. The third kappa shape index (κ3) is 3.72. The Morgan fingerprint density at radius 2 is 2.07 bits per heavy atom. The van der Waals surface area contributed by atoms with Crippen LogP contribution in [-0.4, -0.2) is 54.1 Å². The van der Waals surface area contributed by atoms with Crippen molar-refractivity contribution in [1.82, 2.24) is 0 Å². The lowest BCUT2D eigenvalue weighted by molar-refractivity contribution is -0.166. The van der Waals surface area contributed by atoms with E-state index in [1.165, 1.54) is 0 Å². The van der Waals surface area contributed by atoms with Gasteiger partial charge in [-0.2, -0.15) is 8.42 Å². The van der Waals surface area contributed by atoms with Crippen LogP contribution in [0.25, 0.3) is 0 Å². The van der Waals surface area contributed by atoms with Crippen LogP contribution in [0.5, 0.6) is 0 Å². The third-order valence-corrected chi connectivity index (χ3v) is 2.36. The molecule has 8 nitrogen and oxygen atoms in total. The summed E-state index contributed by atoms with van der Waals surface area (Å²) in [7, 11) is -4.68. The largest absolute Gasteiger partial charge is 0.479 e. The number of carboxylic acid groups (broad SMARTS) is 1. The third-order valence-electron chi connectivity index (χ3n) is 1.87. The molecule has 1 rings (SSSR count). The molecule has 0 aliphatic carbocycles. The van der Waals surface area contributed by atoms with Crippen molar-refractivity contribution in [2.24, 2.45) is 0 Å². The molecule has 0 radical (unpaired) electrons. The van der Waals surface area contributed by atoms with Crippen LogP contribution in [-0.2, 0) is 24.1 Å². The highest BCUT2D eigenvalue weighted by Crippen LogP contribution is 2.18. The molecule has 1 heterocycles. The first-order chi connectivity index (χ1) is 6.79. The fraction of sp³-hybridized carbons (Fsp3) is 0.833. The number of hydrogen-bond donors (Lipinski definition) is 3. The van der Waals surface area contributed by atoms with Gasteiger partial charge in [-0.15, -0.1) is 0 Å². The van der Waals surface area contributed by atoms with E-state index in [0.717, 1.165) is 0 Å². The van der Waals surface area contributed by atoms with E-state index in [0.29, 0.717) is 0 Å². The number of aliphatic hydroxyl groups excluding tert-OH is 1. The number of ether oxygens (including phenoxy) is 1. The summed E-state index contributed by atoms with van der Waals surface area (Å²) in [6.45, 7) is -0.419. The Balaban J connectivity index is 2.57. The normalized spacial score (nSPS) is 32.5. The highest BCUT2D eigenvalue weighted by atomic mass is 32.3. The minimum Gasteiger partial charge on any atom is -0.479 e. The Labute approximate surface area is 85.4 Å². The quantitative estimate of drug-likeness (QED) is 0.505. The maximum absolute atomic E-state index is 10.4. The summed E-state index contributed by atoms with van der Waals surface area (Å²) in [6.07, 6.45) is -4.09. The van der Waals surface area contributed by atoms with Gasteiger partial charge < -0.3 is 14.9 Å². The van der Waals surface area contributed by atoms with Crippen LogP contribution in [0.15, 0.2) is 0 Å². The van der Waals surface area contributed by atoms with Crippen LogP contribution in [0.2, 0.25) is 0 Å². The molecule has 0 amide bonds. The van der Waals surface area contributed by atoms with Gasteiger partial charge in [0.2, 0.25) is 0 Å². The minimum absolute atomic E-state index is 0.296. The van der Waals surface area contributed by atoms with Gasteiger partial charge in [0.25, 0.3) is 0 Å². The lowest BCUT2D eigenvalue weighted by Gasteiger charge is -2.29. The van der Waals surface area contributed by atoms with Crippen molar-refractivity contribution in [3.8, 4) is 0 Å². The van der Waals surface area contributed by atoms with Crippen molar-refractivity contribution in [3.63, 3.8) is 0 Å². The van der Waals surface area contributed by atoms with E-state index in [9.17, 15) is 18.3 Å². The average Bonchev–Trinajstić information content (AvgIpc) is 2.05. The van der Waals surface area contributed by atoms with E-state index in [1.807, 2.05) is 0 Å². The van der Waals surface area contributed by atoms with Crippen LogP contribution in [0, 0.1) is 0 Å². The molecule has 0 spiro atoms. The van der Waals surface area contributed by atoms with E-state index < -0.39 is 41.3 Å². The zero-order valence-corrected chi connectivity index (χ0v) is 8.25. The molecule has 0 aromatic rings. The topological polar surface area (TPSA) is 130 Å². The van der Waals surface area contributed by atoms with Crippen LogP contribution in [0.4, 0.5) is 0 Å². The number of carboxylic acids is 1. The highest BCUT2D eigenvalue weighted by molar-refractivity contribution is 7.80. The molecule has 1 fully saturated rings. The van der Waals surface area contributed by atoms with Crippen molar-refractivity contribution < 1.29 is 36.9 Å². The summed E-state index contributed by atoms with van der Waals surface area (Å²) in [4.78, 5) is 10.4. The SMILES string of the molecule is O=C(O)C1CC(O)C(OS(=O)(=O)O)CO1. The van der Waals surface area contributed by atoms with E-state index in [2.05, 4.69) is 4.18 Å². The summed E-state index contributed by atoms with van der Waals surface area (Å²) < 4.78 is 37.7. The Kier molecular flexibility index (Phi) is 3.62. The van der Waals surface area contributed by atoms with Crippen molar-refractivity contribution in [3.05, 3.63) is 0 Å². The molecule has 3 atom stereocenters. The van der Waals surface area contributed by atoms with Crippen molar-refractivity contribution in [1.29, 1.82) is 0 Å². The molecule has 3 unspecified atom stereocenters. The molecule has 3 N–H and O–H groups in total. The van der Waals surface area contributed by atoms with E-state index in [1.54, 1.807) is 0 Å². The molecule has 0 bridgehead atoms.